The highest BCUT2D eigenvalue weighted by molar-refractivity contribution is 5.93. The number of hydrogen-bond donors (Lipinski definition) is 0. The largest absolute Gasteiger partial charge is 0.368 e. The minimum atomic E-state index is -0.00954. The fourth-order valence-corrected chi connectivity index (χ4v) is 3.34. The molecule has 2 aromatic rings. The van der Waals surface area contributed by atoms with Crippen molar-refractivity contribution in [2.75, 3.05) is 49.1 Å². The third-order valence-electron chi connectivity index (χ3n) is 4.89. The van der Waals surface area contributed by atoms with Crippen molar-refractivity contribution in [3.8, 4) is 0 Å². The Morgan fingerprint density at radius 3 is 2.46 bits per heavy atom. The Labute approximate surface area is 155 Å². The van der Waals surface area contributed by atoms with Gasteiger partial charge in [-0.1, -0.05) is 12.1 Å². The highest BCUT2D eigenvalue weighted by Crippen LogP contribution is 2.19. The summed E-state index contributed by atoms with van der Waals surface area (Å²) in [5.74, 6) is 0.802. The molecule has 26 heavy (non-hydrogen) atoms. The molecule has 0 atom stereocenters. The second-order valence-corrected chi connectivity index (χ2v) is 6.55. The van der Waals surface area contributed by atoms with Gasteiger partial charge in [0, 0.05) is 51.0 Å². The van der Waals surface area contributed by atoms with Gasteiger partial charge in [0.15, 0.2) is 0 Å². The lowest BCUT2D eigenvalue weighted by atomic mass is 10.2. The number of hydrogen-bond acceptors (Lipinski definition) is 5. The molecule has 0 N–H and O–H groups in total. The zero-order valence-corrected chi connectivity index (χ0v) is 15.9. The number of piperazine rings is 1. The molecule has 138 valence electrons. The Morgan fingerprint density at radius 2 is 1.81 bits per heavy atom. The molecule has 0 saturated carbocycles. The van der Waals surface area contributed by atoms with Crippen molar-refractivity contribution >= 4 is 17.4 Å². The topological polar surface area (TPSA) is 52.6 Å². The van der Waals surface area contributed by atoms with Gasteiger partial charge < -0.3 is 14.7 Å². The molecule has 0 aliphatic carbocycles. The lowest BCUT2D eigenvalue weighted by Gasteiger charge is -2.36. The van der Waals surface area contributed by atoms with Crippen molar-refractivity contribution in [1.82, 2.24) is 14.9 Å². The molecule has 2 heterocycles. The van der Waals surface area contributed by atoms with Crippen LogP contribution in [0.2, 0.25) is 0 Å². The molecule has 1 aliphatic heterocycles. The van der Waals surface area contributed by atoms with E-state index in [0.717, 1.165) is 32.0 Å². The minimum Gasteiger partial charge on any atom is -0.368 e. The summed E-state index contributed by atoms with van der Waals surface area (Å²) in [5, 5.41) is 0. The van der Waals surface area contributed by atoms with Gasteiger partial charge in [0.25, 0.3) is 5.91 Å². The Bertz CT molecular complexity index is 751. The van der Waals surface area contributed by atoms with Gasteiger partial charge in [0.05, 0.1) is 0 Å². The summed E-state index contributed by atoms with van der Waals surface area (Å²) >= 11 is 0. The Kier molecular flexibility index (Phi) is 5.71. The van der Waals surface area contributed by atoms with E-state index >= 15 is 0 Å². The Morgan fingerprint density at radius 1 is 1.08 bits per heavy atom. The van der Waals surface area contributed by atoms with Gasteiger partial charge in [-0.2, -0.15) is 0 Å². The van der Waals surface area contributed by atoms with Gasteiger partial charge in [-0.3, -0.25) is 4.79 Å². The monoisotopic (exact) mass is 353 g/mol. The molecule has 6 heteroatoms. The average Bonchev–Trinajstić information content (AvgIpc) is 2.69. The van der Waals surface area contributed by atoms with Crippen molar-refractivity contribution in [2.24, 2.45) is 0 Å². The van der Waals surface area contributed by atoms with Crippen LogP contribution in [-0.2, 0) is 0 Å². The average molecular weight is 353 g/mol. The second-order valence-electron chi connectivity index (χ2n) is 6.55. The number of carbonyl (C=O) groups is 1. The van der Waals surface area contributed by atoms with Crippen LogP contribution in [0, 0.1) is 6.92 Å². The zero-order valence-electron chi connectivity index (χ0n) is 15.9. The van der Waals surface area contributed by atoms with Gasteiger partial charge in [0.2, 0.25) is 0 Å². The van der Waals surface area contributed by atoms with E-state index in [1.807, 2.05) is 11.0 Å². The first-order chi connectivity index (χ1) is 12.6. The maximum absolute atomic E-state index is 12.8. The SMILES string of the molecule is CCN(CC)c1cc(C(=O)N2CCN(c3cccc(C)c3)CC2)ncn1. The molecule has 1 aliphatic rings. The molecule has 1 saturated heterocycles. The van der Waals surface area contributed by atoms with Crippen LogP contribution in [0.15, 0.2) is 36.7 Å². The van der Waals surface area contributed by atoms with E-state index in [2.05, 4.69) is 64.8 Å². The number of amides is 1. The fourth-order valence-electron chi connectivity index (χ4n) is 3.34. The van der Waals surface area contributed by atoms with Gasteiger partial charge in [-0.05, 0) is 38.5 Å². The highest BCUT2D eigenvalue weighted by Gasteiger charge is 2.23. The third-order valence-corrected chi connectivity index (χ3v) is 4.89. The van der Waals surface area contributed by atoms with Gasteiger partial charge in [-0.25, -0.2) is 9.97 Å². The molecule has 0 bridgehead atoms. The molecule has 3 rings (SSSR count). The Balaban J connectivity index is 1.66. The molecule has 0 spiro atoms. The molecule has 1 fully saturated rings. The van der Waals surface area contributed by atoms with Gasteiger partial charge >= 0.3 is 0 Å². The van der Waals surface area contributed by atoms with E-state index in [-0.39, 0.29) is 5.91 Å². The van der Waals surface area contributed by atoms with Crippen LogP contribution in [0.3, 0.4) is 0 Å². The van der Waals surface area contributed by atoms with Crippen LogP contribution in [0.5, 0.6) is 0 Å². The fraction of sp³-hybridized carbons (Fsp3) is 0.450. The van der Waals surface area contributed by atoms with E-state index in [4.69, 9.17) is 0 Å². The normalized spacial score (nSPS) is 14.4. The predicted octanol–water partition coefficient (Wildman–Crippen LogP) is 2.59. The van der Waals surface area contributed by atoms with Crippen molar-refractivity contribution in [1.29, 1.82) is 0 Å². The zero-order chi connectivity index (χ0) is 18.5. The number of aryl methyl sites for hydroxylation is 1. The summed E-state index contributed by atoms with van der Waals surface area (Å²) in [4.78, 5) is 27.7. The summed E-state index contributed by atoms with van der Waals surface area (Å²) < 4.78 is 0. The van der Waals surface area contributed by atoms with Crippen LogP contribution in [0.4, 0.5) is 11.5 Å². The lowest BCUT2D eigenvalue weighted by Crippen LogP contribution is -2.49. The molecule has 1 aromatic heterocycles. The van der Waals surface area contributed by atoms with Crippen LogP contribution in [0.25, 0.3) is 0 Å². The molecule has 0 unspecified atom stereocenters. The first-order valence-corrected chi connectivity index (χ1v) is 9.30. The van der Waals surface area contributed by atoms with Crippen LogP contribution in [-0.4, -0.2) is 60.0 Å². The van der Waals surface area contributed by atoms with Crippen LogP contribution < -0.4 is 9.80 Å². The van der Waals surface area contributed by atoms with Gasteiger partial charge in [-0.15, -0.1) is 0 Å². The minimum absolute atomic E-state index is 0.00954. The number of carbonyl (C=O) groups excluding carboxylic acids is 1. The number of anilines is 2. The Hall–Kier alpha value is -2.63. The van der Waals surface area contributed by atoms with Crippen molar-refractivity contribution in [3.63, 3.8) is 0 Å². The van der Waals surface area contributed by atoms with E-state index in [1.165, 1.54) is 17.6 Å². The van der Waals surface area contributed by atoms with E-state index < -0.39 is 0 Å². The number of aromatic nitrogens is 2. The van der Waals surface area contributed by atoms with Crippen LogP contribution in [0.1, 0.15) is 29.9 Å². The lowest BCUT2D eigenvalue weighted by molar-refractivity contribution is 0.0740. The number of benzene rings is 1. The molecule has 1 aromatic carbocycles. The first-order valence-electron chi connectivity index (χ1n) is 9.30. The molecule has 0 radical (unpaired) electrons. The maximum atomic E-state index is 12.8. The summed E-state index contributed by atoms with van der Waals surface area (Å²) in [6.07, 6.45) is 1.49. The van der Waals surface area contributed by atoms with Crippen LogP contribution >= 0.6 is 0 Å². The van der Waals surface area contributed by atoms with Crippen molar-refractivity contribution in [3.05, 3.63) is 47.9 Å². The quantitative estimate of drug-likeness (QED) is 0.827. The van der Waals surface area contributed by atoms with Crippen molar-refractivity contribution < 1.29 is 4.79 Å². The standard InChI is InChI=1S/C20H27N5O/c1-4-23(5-2)19-14-18(21-15-22-19)20(26)25-11-9-24(10-12-25)17-8-6-7-16(3)13-17/h6-8,13-15H,4-5,9-12H2,1-3H3. The van der Waals surface area contributed by atoms with E-state index in [1.54, 1.807) is 0 Å². The van der Waals surface area contributed by atoms with E-state index in [9.17, 15) is 4.79 Å². The van der Waals surface area contributed by atoms with Crippen molar-refractivity contribution in [2.45, 2.75) is 20.8 Å². The summed E-state index contributed by atoms with van der Waals surface area (Å²) in [6, 6.07) is 10.3. The molecule has 1 amide bonds. The maximum Gasteiger partial charge on any atom is 0.272 e. The van der Waals surface area contributed by atoms with Gasteiger partial charge in [0.1, 0.15) is 17.8 Å². The highest BCUT2D eigenvalue weighted by atomic mass is 16.2. The summed E-state index contributed by atoms with van der Waals surface area (Å²) in [5.41, 5.74) is 2.96. The third kappa shape index (κ3) is 3.95. The number of nitrogens with zero attached hydrogens (tertiary/aromatic N) is 5. The second kappa shape index (κ2) is 8.17. The summed E-state index contributed by atoms with van der Waals surface area (Å²) in [6.45, 7) is 11.1. The first kappa shape index (κ1) is 18.2. The number of rotatable bonds is 5. The predicted molar refractivity (Wildman–Crippen MR) is 105 cm³/mol. The molecule has 6 nitrogen and oxygen atoms in total. The molecular formula is C20H27N5O. The molecular weight excluding hydrogens is 326 g/mol. The smallest absolute Gasteiger partial charge is 0.272 e. The summed E-state index contributed by atoms with van der Waals surface area (Å²) in [7, 11) is 0. The van der Waals surface area contributed by atoms with E-state index in [0.29, 0.717) is 18.8 Å².